The van der Waals surface area contributed by atoms with Crippen LogP contribution in [0.15, 0.2) is 42.5 Å². The number of halogens is 2. The van der Waals surface area contributed by atoms with E-state index >= 15 is 0 Å². The van der Waals surface area contributed by atoms with Gasteiger partial charge in [-0.25, -0.2) is 4.79 Å². The molecule has 1 heterocycles. The van der Waals surface area contributed by atoms with Gasteiger partial charge in [0.05, 0.1) is 6.42 Å². The lowest BCUT2D eigenvalue weighted by atomic mass is 9.45. The number of hydrogen-bond acceptors (Lipinski definition) is 3. The fraction of sp³-hybridized carbons (Fsp3) is 0.516. The summed E-state index contributed by atoms with van der Waals surface area (Å²) in [6.45, 7) is 6.42. The average molecular weight is 587 g/mol. The summed E-state index contributed by atoms with van der Waals surface area (Å²) in [6, 6.07) is 12.3. The average Bonchev–Trinajstić information content (AvgIpc) is 2.91. The first-order valence-electron chi connectivity index (χ1n) is 14.1. The highest BCUT2D eigenvalue weighted by molar-refractivity contribution is 6.35. The number of rotatable bonds is 9. The molecule has 4 fully saturated rings. The van der Waals surface area contributed by atoms with E-state index in [4.69, 9.17) is 23.2 Å². The summed E-state index contributed by atoms with van der Waals surface area (Å²) in [6.07, 6.45) is 3.58. The van der Waals surface area contributed by atoms with Crippen molar-refractivity contribution in [1.29, 1.82) is 0 Å². The highest BCUT2D eigenvalue weighted by Gasteiger charge is 2.54. The van der Waals surface area contributed by atoms with Crippen molar-refractivity contribution in [1.82, 2.24) is 15.1 Å². The molecule has 3 amide bonds. The predicted molar refractivity (Wildman–Crippen MR) is 155 cm³/mol. The smallest absolute Gasteiger partial charge is 0.320 e. The second-order valence-corrected chi connectivity index (χ2v) is 13.2. The third-order valence-electron chi connectivity index (χ3n) is 9.49. The molecule has 0 aromatic heterocycles. The van der Waals surface area contributed by atoms with Gasteiger partial charge in [-0.15, -0.1) is 0 Å². The van der Waals surface area contributed by atoms with Crippen LogP contribution in [-0.4, -0.2) is 52.4 Å². The number of nitrogens with one attached hydrogen (secondary N) is 1. The number of carbonyl (C=O) groups excluding carboxylic acids is 2. The topological polar surface area (TPSA) is 89.9 Å². The van der Waals surface area contributed by atoms with Crippen LogP contribution < -0.4 is 5.32 Å². The lowest BCUT2D eigenvalue weighted by Crippen LogP contribution is -2.54. The van der Waals surface area contributed by atoms with Crippen LogP contribution in [0, 0.1) is 29.1 Å². The predicted octanol–water partition coefficient (Wildman–Crippen LogP) is 6.32. The molecule has 0 radical (unpaired) electrons. The monoisotopic (exact) mass is 585 g/mol. The summed E-state index contributed by atoms with van der Waals surface area (Å²) < 4.78 is 0. The number of hydrogen-bond donors (Lipinski definition) is 2. The second-order valence-electron chi connectivity index (χ2n) is 12.3. The maximum Gasteiger partial charge on any atom is 0.320 e. The molecule has 2 bridgehead atoms. The van der Waals surface area contributed by atoms with Gasteiger partial charge in [0.25, 0.3) is 5.91 Å². The van der Waals surface area contributed by atoms with E-state index < -0.39 is 5.97 Å². The molecule has 4 aliphatic rings. The highest BCUT2D eigenvalue weighted by atomic mass is 35.5. The molecule has 7 nitrogen and oxygen atoms in total. The summed E-state index contributed by atoms with van der Waals surface area (Å²) in [7, 11) is 0. The van der Waals surface area contributed by atoms with E-state index in [-0.39, 0.29) is 37.4 Å². The summed E-state index contributed by atoms with van der Waals surface area (Å²) in [5.74, 6) is 0.651. The Hall–Kier alpha value is -2.77. The Morgan fingerprint density at radius 2 is 1.73 bits per heavy atom. The Balaban J connectivity index is 1.29. The Labute approximate surface area is 245 Å². The molecule has 0 spiro atoms. The molecule has 1 saturated heterocycles. The van der Waals surface area contributed by atoms with E-state index in [1.807, 2.05) is 18.2 Å². The number of carbonyl (C=O) groups is 3. The quantitative estimate of drug-likeness (QED) is 0.360. The number of urea groups is 1. The lowest BCUT2D eigenvalue weighted by molar-refractivity contribution is -0.138. The van der Waals surface area contributed by atoms with Crippen molar-refractivity contribution < 1.29 is 19.5 Å². The van der Waals surface area contributed by atoms with Crippen LogP contribution in [0.1, 0.15) is 61.0 Å². The molecular formula is C31H37Cl2N3O4. The Morgan fingerprint density at radius 3 is 2.38 bits per heavy atom. The summed E-state index contributed by atoms with van der Waals surface area (Å²) in [4.78, 5) is 41.8. The minimum atomic E-state index is -0.910. The van der Waals surface area contributed by atoms with Gasteiger partial charge in [0.1, 0.15) is 0 Å². The molecule has 2 aromatic rings. The fourth-order valence-electron chi connectivity index (χ4n) is 7.14. The fourth-order valence-corrected chi connectivity index (χ4v) is 7.61. The van der Waals surface area contributed by atoms with E-state index in [0.717, 1.165) is 23.5 Å². The number of benzene rings is 2. The van der Waals surface area contributed by atoms with Crippen molar-refractivity contribution in [2.75, 3.05) is 19.6 Å². The molecule has 6 rings (SSSR count). The van der Waals surface area contributed by atoms with Crippen LogP contribution in [0.25, 0.3) is 0 Å². The van der Waals surface area contributed by atoms with Crippen molar-refractivity contribution in [3.63, 3.8) is 0 Å². The summed E-state index contributed by atoms with van der Waals surface area (Å²) in [5.41, 5.74) is 2.37. The van der Waals surface area contributed by atoms with Crippen LogP contribution in [0.2, 0.25) is 10.0 Å². The third kappa shape index (κ3) is 5.96. The minimum Gasteiger partial charge on any atom is -0.481 e. The molecule has 4 unspecified atom stereocenters. The van der Waals surface area contributed by atoms with Gasteiger partial charge in [0.15, 0.2) is 0 Å². The van der Waals surface area contributed by atoms with E-state index in [1.54, 1.807) is 34.1 Å². The molecule has 9 heteroatoms. The van der Waals surface area contributed by atoms with Crippen LogP contribution >= 0.6 is 23.2 Å². The Kier molecular flexibility index (Phi) is 8.35. The lowest BCUT2D eigenvalue weighted by Gasteiger charge is -2.60. The molecule has 3 saturated carbocycles. The normalized spacial score (nSPS) is 25.4. The number of carboxylic acids is 1. The van der Waals surface area contributed by atoms with Gasteiger partial charge in [-0.05, 0) is 71.8 Å². The molecular weight excluding hydrogens is 549 g/mol. The zero-order valence-electron chi connectivity index (χ0n) is 23.0. The highest BCUT2D eigenvalue weighted by Crippen LogP contribution is 2.61. The molecule has 40 heavy (non-hydrogen) atoms. The number of fused-ring (bicyclic) bond motifs is 2. The van der Waals surface area contributed by atoms with Gasteiger partial charge >= 0.3 is 12.0 Å². The molecule has 2 aromatic carbocycles. The van der Waals surface area contributed by atoms with E-state index in [1.165, 1.54) is 12.8 Å². The minimum absolute atomic E-state index is 0.0590. The standard InChI is InChI=1S/C31H37Cl2N3O4/c1-31(2)23-9-7-20(26(31)12-23)14-34-29(39)25-6-4-3-5-21(25)17-35-15-19(11-28(37)38)16-36(30(35)40)18-22-8-10-24(32)13-27(22)33/h3-6,8,10,13,19-20,23,26H,7,9,11-12,14-18H2,1-2H3,(H,34,39)(H,37,38). The number of amides is 3. The van der Waals surface area contributed by atoms with Crippen molar-refractivity contribution in [3.05, 3.63) is 69.2 Å². The first-order chi connectivity index (χ1) is 19.0. The maximum atomic E-state index is 13.6. The van der Waals surface area contributed by atoms with E-state index in [2.05, 4.69) is 19.2 Å². The number of carboxylic acid groups (broad SMARTS) is 1. The zero-order valence-corrected chi connectivity index (χ0v) is 24.5. The zero-order chi connectivity index (χ0) is 28.6. The first-order valence-corrected chi connectivity index (χ1v) is 14.8. The molecule has 2 N–H and O–H groups in total. The van der Waals surface area contributed by atoms with Crippen LogP contribution in [0.3, 0.4) is 0 Å². The third-order valence-corrected chi connectivity index (χ3v) is 10.1. The number of aliphatic carboxylic acids is 1. The Bertz CT molecular complexity index is 1300. The molecule has 214 valence electrons. The van der Waals surface area contributed by atoms with Gasteiger partial charge in [-0.2, -0.15) is 0 Å². The van der Waals surface area contributed by atoms with Crippen LogP contribution in [0.5, 0.6) is 0 Å². The first kappa shape index (κ1) is 28.7. The van der Waals surface area contributed by atoms with E-state index in [0.29, 0.717) is 52.5 Å². The van der Waals surface area contributed by atoms with E-state index in [9.17, 15) is 19.5 Å². The molecule has 4 atom stereocenters. The SMILES string of the molecule is CC1(C)C2CCC(CNC(=O)c3ccccc3CN3CC(CC(=O)O)CN(Cc4ccc(Cl)cc4Cl)C3=O)C1C2. The van der Waals surface area contributed by atoms with Gasteiger partial charge in [0, 0.05) is 54.3 Å². The van der Waals surface area contributed by atoms with Gasteiger partial charge < -0.3 is 20.2 Å². The van der Waals surface area contributed by atoms with Gasteiger partial charge in [-0.1, -0.05) is 61.3 Å². The maximum absolute atomic E-state index is 13.6. The van der Waals surface area contributed by atoms with Crippen molar-refractivity contribution in [2.24, 2.45) is 29.1 Å². The molecule has 3 aliphatic carbocycles. The van der Waals surface area contributed by atoms with Crippen molar-refractivity contribution in [2.45, 2.75) is 52.6 Å². The largest absolute Gasteiger partial charge is 0.481 e. The second kappa shape index (κ2) is 11.6. The van der Waals surface area contributed by atoms with Crippen LogP contribution in [0.4, 0.5) is 4.79 Å². The van der Waals surface area contributed by atoms with Crippen molar-refractivity contribution in [3.8, 4) is 0 Å². The summed E-state index contributed by atoms with van der Waals surface area (Å²) in [5, 5.41) is 13.6. The van der Waals surface area contributed by atoms with Crippen LogP contribution in [-0.2, 0) is 17.9 Å². The molecule has 1 aliphatic heterocycles. The summed E-state index contributed by atoms with van der Waals surface area (Å²) >= 11 is 12.4. The number of nitrogens with zero attached hydrogens (tertiary/aromatic N) is 2. The Morgan fingerprint density at radius 1 is 1.02 bits per heavy atom. The van der Waals surface area contributed by atoms with Crippen molar-refractivity contribution >= 4 is 41.1 Å². The van der Waals surface area contributed by atoms with Gasteiger partial charge in [-0.3, -0.25) is 9.59 Å². The van der Waals surface area contributed by atoms with Gasteiger partial charge in [0.2, 0.25) is 0 Å².